The predicted octanol–water partition coefficient (Wildman–Crippen LogP) is 1.89. The molecule has 1 aliphatic heterocycles. The molecule has 1 saturated heterocycles. The molecule has 1 fully saturated rings. The maximum Gasteiger partial charge on any atom is 0.246 e. The van der Waals surface area contributed by atoms with E-state index in [1.54, 1.807) is 0 Å². The summed E-state index contributed by atoms with van der Waals surface area (Å²) in [6, 6.07) is 4.46. The first-order chi connectivity index (χ1) is 10.4. The Kier molecular flexibility index (Phi) is 5.18. The Balaban J connectivity index is 2.27. The van der Waals surface area contributed by atoms with Gasteiger partial charge in [0.15, 0.2) is 0 Å². The number of hydrogen-bond acceptors (Lipinski definition) is 3. The van der Waals surface area contributed by atoms with Gasteiger partial charge in [-0.25, -0.2) is 12.8 Å². The summed E-state index contributed by atoms with van der Waals surface area (Å²) < 4.78 is 40.2. The summed E-state index contributed by atoms with van der Waals surface area (Å²) in [6.45, 7) is 4.03. The Bertz CT molecular complexity index is 648. The molecule has 1 amide bonds. The largest absolute Gasteiger partial charge is 0.352 e. The van der Waals surface area contributed by atoms with Crippen molar-refractivity contribution in [3.63, 3.8) is 0 Å². The number of hydrogen-bond donors (Lipinski definition) is 1. The van der Waals surface area contributed by atoms with Crippen LogP contribution >= 0.6 is 0 Å². The van der Waals surface area contributed by atoms with E-state index in [0.717, 1.165) is 16.8 Å². The van der Waals surface area contributed by atoms with Crippen LogP contribution in [0.15, 0.2) is 29.2 Å². The molecule has 0 radical (unpaired) electrons. The van der Waals surface area contributed by atoms with E-state index in [2.05, 4.69) is 5.32 Å². The summed E-state index contributed by atoms with van der Waals surface area (Å²) in [5.41, 5.74) is 0. The Morgan fingerprint density at radius 1 is 1.45 bits per heavy atom. The molecular weight excluding hydrogens is 307 g/mol. The SMILES string of the molecule is CC[C@@H](C)NC(=O)[C@@H]1CCCN1S(=O)(=O)c1ccccc1F. The van der Waals surface area contributed by atoms with Gasteiger partial charge in [0, 0.05) is 12.6 Å². The molecule has 0 unspecified atom stereocenters. The van der Waals surface area contributed by atoms with Crippen molar-refractivity contribution in [1.29, 1.82) is 0 Å². The van der Waals surface area contributed by atoms with Crippen molar-refractivity contribution in [2.24, 2.45) is 0 Å². The van der Waals surface area contributed by atoms with Gasteiger partial charge < -0.3 is 5.32 Å². The van der Waals surface area contributed by atoms with Gasteiger partial charge >= 0.3 is 0 Å². The first kappa shape index (κ1) is 16.9. The summed E-state index contributed by atoms with van der Waals surface area (Å²) in [5.74, 6) is -1.11. The van der Waals surface area contributed by atoms with Gasteiger partial charge in [0.1, 0.15) is 16.8 Å². The normalized spacial score (nSPS) is 20.8. The third-order valence-corrected chi connectivity index (χ3v) is 5.87. The molecule has 0 bridgehead atoms. The molecule has 22 heavy (non-hydrogen) atoms. The highest BCUT2D eigenvalue weighted by molar-refractivity contribution is 7.89. The van der Waals surface area contributed by atoms with Gasteiger partial charge in [-0.1, -0.05) is 19.1 Å². The van der Waals surface area contributed by atoms with Gasteiger partial charge in [-0.05, 0) is 38.3 Å². The number of sulfonamides is 1. The Morgan fingerprint density at radius 2 is 2.14 bits per heavy atom. The van der Waals surface area contributed by atoms with E-state index in [1.165, 1.54) is 18.2 Å². The smallest absolute Gasteiger partial charge is 0.246 e. The van der Waals surface area contributed by atoms with Crippen LogP contribution in [-0.4, -0.2) is 37.3 Å². The molecular formula is C15H21FN2O3S. The van der Waals surface area contributed by atoms with E-state index in [-0.39, 0.29) is 23.4 Å². The molecule has 1 heterocycles. The first-order valence-corrected chi connectivity index (χ1v) is 8.88. The molecule has 1 aromatic carbocycles. The molecule has 0 spiro atoms. The van der Waals surface area contributed by atoms with Crippen molar-refractivity contribution >= 4 is 15.9 Å². The minimum Gasteiger partial charge on any atom is -0.352 e. The summed E-state index contributed by atoms with van der Waals surface area (Å²) in [5, 5.41) is 2.80. The zero-order valence-corrected chi connectivity index (χ0v) is 13.6. The van der Waals surface area contributed by atoms with Crippen LogP contribution in [0.1, 0.15) is 33.1 Å². The van der Waals surface area contributed by atoms with E-state index >= 15 is 0 Å². The minimum absolute atomic E-state index is 0.0221. The third-order valence-electron chi connectivity index (χ3n) is 3.93. The predicted molar refractivity (Wildman–Crippen MR) is 81.2 cm³/mol. The number of halogens is 1. The lowest BCUT2D eigenvalue weighted by Crippen LogP contribution is -2.48. The van der Waals surface area contributed by atoms with Crippen molar-refractivity contribution in [3.05, 3.63) is 30.1 Å². The lowest BCUT2D eigenvalue weighted by molar-refractivity contribution is -0.124. The van der Waals surface area contributed by atoms with E-state index in [9.17, 15) is 17.6 Å². The van der Waals surface area contributed by atoms with Crippen molar-refractivity contribution in [1.82, 2.24) is 9.62 Å². The quantitative estimate of drug-likeness (QED) is 0.897. The molecule has 0 aliphatic carbocycles. The van der Waals surface area contributed by atoms with Gasteiger partial charge in [-0.2, -0.15) is 4.31 Å². The fraction of sp³-hybridized carbons (Fsp3) is 0.533. The third kappa shape index (κ3) is 3.30. The Morgan fingerprint density at radius 3 is 2.77 bits per heavy atom. The van der Waals surface area contributed by atoms with Gasteiger partial charge in [-0.15, -0.1) is 0 Å². The minimum atomic E-state index is -4.01. The maximum atomic E-state index is 13.8. The number of carbonyl (C=O) groups excluding carboxylic acids is 1. The fourth-order valence-corrected chi connectivity index (χ4v) is 4.23. The van der Waals surface area contributed by atoms with E-state index < -0.39 is 21.9 Å². The van der Waals surface area contributed by atoms with Crippen molar-refractivity contribution in [2.45, 2.75) is 50.1 Å². The van der Waals surface area contributed by atoms with Crippen LogP contribution in [0.4, 0.5) is 4.39 Å². The Labute approximate surface area is 130 Å². The van der Waals surface area contributed by atoms with Crippen molar-refractivity contribution in [2.75, 3.05) is 6.54 Å². The molecule has 1 aliphatic rings. The van der Waals surface area contributed by atoms with Crippen LogP contribution in [-0.2, 0) is 14.8 Å². The highest BCUT2D eigenvalue weighted by Gasteiger charge is 2.40. The lowest BCUT2D eigenvalue weighted by Gasteiger charge is -2.24. The zero-order valence-electron chi connectivity index (χ0n) is 12.8. The number of amides is 1. The van der Waals surface area contributed by atoms with Crippen LogP contribution < -0.4 is 5.32 Å². The average Bonchev–Trinajstić information content (AvgIpc) is 2.97. The standard InChI is InChI=1S/C15H21FN2O3S/c1-3-11(2)17-15(19)13-8-6-10-18(13)22(20,21)14-9-5-4-7-12(14)16/h4-5,7,9,11,13H,3,6,8,10H2,1-2H3,(H,17,19)/t11-,13+/m1/s1. The average molecular weight is 328 g/mol. The van der Waals surface area contributed by atoms with Crippen molar-refractivity contribution in [3.8, 4) is 0 Å². The van der Waals surface area contributed by atoms with E-state index in [4.69, 9.17) is 0 Å². The molecule has 5 nitrogen and oxygen atoms in total. The summed E-state index contributed by atoms with van der Waals surface area (Å²) >= 11 is 0. The van der Waals surface area contributed by atoms with Gasteiger partial charge in [0.2, 0.25) is 15.9 Å². The zero-order chi connectivity index (χ0) is 16.3. The van der Waals surface area contributed by atoms with Crippen LogP contribution in [0, 0.1) is 5.82 Å². The summed E-state index contributed by atoms with van der Waals surface area (Å²) in [7, 11) is -4.01. The maximum absolute atomic E-state index is 13.8. The van der Waals surface area contributed by atoms with Crippen LogP contribution in [0.5, 0.6) is 0 Å². The topological polar surface area (TPSA) is 66.5 Å². The summed E-state index contributed by atoms with van der Waals surface area (Å²) in [6.07, 6.45) is 1.81. The first-order valence-electron chi connectivity index (χ1n) is 7.44. The highest BCUT2D eigenvalue weighted by Crippen LogP contribution is 2.27. The second-order valence-electron chi connectivity index (χ2n) is 5.52. The second kappa shape index (κ2) is 6.75. The number of carbonyl (C=O) groups is 1. The molecule has 7 heteroatoms. The Hall–Kier alpha value is -1.47. The molecule has 0 aromatic heterocycles. The second-order valence-corrected chi connectivity index (χ2v) is 7.38. The fourth-order valence-electron chi connectivity index (χ4n) is 2.51. The van der Waals surface area contributed by atoms with Crippen molar-refractivity contribution < 1.29 is 17.6 Å². The van der Waals surface area contributed by atoms with E-state index in [0.29, 0.717) is 12.8 Å². The van der Waals surface area contributed by atoms with Gasteiger partial charge in [0.25, 0.3) is 0 Å². The van der Waals surface area contributed by atoms with Crippen LogP contribution in [0.25, 0.3) is 0 Å². The van der Waals surface area contributed by atoms with Gasteiger partial charge in [0.05, 0.1) is 0 Å². The molecule has 2 atom stereocenters. The molecule has 0 saturated carbocycles. The molecule has 1 N–H and O–H groups in total. The number of nitrogens with zero attached hydrogens (tertiary/aromatic N) is 1. The molecule has 1 aromatic rings. The van der Waals surface area contributed by atoms with E-state index in [1.807, 2.05) is 13.8 Å². The van der Waals surface area contributed by atoms with Crippen LogP contribution in [0.3, 0.4) is 0 Å². The number of rotatable bonds is 5. The van der Waals surface area contributed by atoms with Crippen LogP contribution in [0.2, 0.25) is 0 Å². The summed E-state index contributed by atoms with van der Waals surface area (Å²) in [4.78, 5) is 11.9. The monoisotopic (exact) mass is 328 g/mol. The lowest BCUT2D eigenvalue weighted by atomic mass is 10.2. The number of nitrogens with one attached hydrogen (secondary N) is 1. The highest BCUT2D eigenvalue weighted by atomic mass is 32.2. The molecule has 122 valence electrons. The van der Waals surface area contributed by atoms with Gasteiger partial charge in [-0.3, -0.25) is 4.79 Å². The molecule has 2 rings (SSSR count). The number of benzene rings is 1.